The van der Waals surface area contributed by atoms with Crippen LogP contribution in [0.1, 0.15) is 5.56 Å². The van der Waals surface area contributed by atoms with Gasteiger partial charge in [0.25, 0.3) is 0 Å². The third-order valence-electron chi connectivity index (χ3n) is 3.86. The number of benzene rings is 2. The molecule has 0 aromatic heterocycles. The molecule has 0 aliphatic rings. The number of amides is 1. The minimum atomic E-state index is -3.78. The number of sulfonamides is 1. The van der Waals surface area contributed by atoms with E-state index in [1.807, 2.05) is 6.07 Å². The van der Waals surface area contributed by atoms with E-state index < -0.39 is 22.5 Å². The molecule has 0 aliphatic carbocycles. The monoisotopic (exact) mass is 403 g/mol. The van der Waals surface area contributed by atoms with E-state index in [0.29, 0.717) is 17.2 Å². The van der Waals surface area contributed by atoms with Gasteiger partial charge in [-0.15, -0.1) is 0 Å². The Hall–Kier alpha value is -3.25. The Morgan fingerprint density at radius 2 is 1.82 bits per heavy atom. The molecule has 28 heavy (non-hydrogen) atoms. The summed E-state index contributed by atoms with van der Waals surface area (Å²) in [6, 6.07) is 13.5. The highest BCUT2D eigenvalue weighted by Crippen LogP contribution is 2.33. The standard InChI is InChI=1S/C19H21N3O5S/c1-26-16-8-9-18(27-2)17(12-16)22(28(3,24)25)13-19(23)21-15-6-4-14(5-7-15)10-11-20/h4-9,12H,10,13H2,1-3H3,(H,21,23). The zero-order chi connectivity index (χ0) is 20.7. The molecule has 0 saturated heterocycles. The molecule has 148 valence electrons. The van der Waals surface area contributed by atoms with Crippen LogP contribution >= 0.6 is 0 Å². The number of ether oxygens (including phenoxy) is 2. The molecule has 0 atom stereocenters. The molecule has 0 heterocycles. The lowest BCUT2D eigenvalue weighted by Crippen LogP contribution is -2.37. The van der Waals surface area contributed by atoms with Gasteiger partial charge in [-0.3, -0.25) is 9.10 Å². The summed E-state index contributed by atoms with van der Waals surface area (Å²) in [7, 11) is -0.907. The van der Waals surface area contributed by atoms with Gasteiger partial charge in [-0.1, -0.05) is 12.1 Å². The minimum absolute atomic E-state index is 0.198. The Labute approximate surface area is 164 Å². The van der Waals surface area contributed by atoms with Gasteiger partial charge < -0.3 is 14.8 Å². The van der Waals surface area contributed by atoms with Crippen LogP contribution in [0.5, 0.6) is 11.5 Å². The average Bonchev–Trinajstić information content (AvgIpc) is 2.66. The number of hydrogen-bond donors (Lipinski definition) is 1. The Kier molecular flexibility index (Phi) is 6.84. The minimum Gasteiger partial charge on any atom is -0.497 e. The topological polar surface area (TPSA) is 109 Å². The van der Waals surface area contributed by atoms with Crippen molar-refractivity contribution in [2.24, 2.45) is 0 Å². The van der Waals surface area contributed by atoms with E-state index >= 15 is 0 Å². The maximum atomic E-state index is 12.5. The summed E-state index contributed by atoms with van der Waals surface area (Å²) in [5.41, 5.74) is 1.51. The maximum Gasteiger partial charge on any atom is 0.245 e. The molecule has 0 radical (unpaired) electrons. The van der Waals surface area contributed by atoms with Gasteiger partial charge in [0.1, 0.15) is 18.0 Å². The van der Waals surface area contributed by atoms with Crippen molar-refractivity contribution in [3.8, 4) is 17.6 Å². The first-order valence-corrected chi connectivity index (χ1v) is 10.1. The molecule has 1 N–H and O–H groups in total. The van der Waals surface area contributed by atoms with E-state index in [4.69, 9.17) is 14.7 Å². The lowest BCUT2D eigenvalue weighted by molar-refractivity contribution is -0.114. The van der Waals surface area contributed by atoms with Crippen LogP contribution in [0.4, 0.5) is 11.4 Å². The number of anilines is 2. The van der Waals surface area contributed by atoms with Gasteiger partial charge in [-0.2, -0.15) is 5.26 Å². The van der Waals surface area contributed by atoms with Crippen molar-refractivity contribution in [3.05, 3.63) is 48.0 Å². The molecule has 0 spiro atoms. The van der Waals surface area contributed by atoms with E-state index in [1.165, 1.54) is 20.3 Å². The Bertz CT molecular complexity index is 982. The number of methoxy groups -OCH3 is 2. The molecule has 0 bridgehead atoms. The summed E-state index contributed by atoms with van der Waals surface area (Å²) in [5, 5.41) is 11.3. The molecule has 0 unspecified atom stereocenters. The molecule has 0 aliphatic heterocycles. The predicted octanol–water partition coefficient (Wildman–Crippen LogP) is 2.17. The highest BCUT2D eigenvalue weighted by atomic mass is 32.2. The summed E-state index contributed by atoms with van der Waals surface area (Å²) >= 11 is 0. The summed E-state index contributed by atoms with van der Waals surface area (Å²) in [6.45, 7) is -0.442. The molecule has 1 amide bonds. The normalized spacial score (nSPS) is 10.6. The lowest BCUT2D eigenvalue weighted by atomic mass is 10.1. The first kappa shape index (κ1) is 21.1. The lowest BCUT2D eigenvalue weighted by Gasteiger charge is -2.24. The van der Waals surface area contributed by atoms with Crippen LogP contribution in [0.25, 0.3) is 0 Å². The largest absolute Gasteiger partial charge is 0.497 e. The zero-order valence-electron chi connectivity index (χ0n) is 15.8. The number of rotatable bonds is 8. The fourth-order valence-corrected chi connectivity index (χ4v) is 3.35. The van der Waals surface area contributed by atoms with Gasteiger partial charge in [0, 0.05) is 11.8 Å². The van der Waals surface area contributed by atoms with E-state index in [9.17, 15) is 13.2 Å². The van der Waals surface area contributed by atoms with Gasteiger partial charge >= 0.3 is 0 Å². The molecule has 2 aromatic carbocycles. The smallest absolute Gasteiger partial charge is 0.245 e. The van der Waals surface area contributed by atoms with Crippen LogP contribution in [-0.2, 0) is 21.2 Å². The van der Waals surface area contributed by atoms with Crippen LogP contribution in [0.2, 0.25) is 0 Å². The van der Waals surface area contributed by atoms with Gasteiger partial charge in [0.05, 0.1) is 38.7 Å². The van der Waals surface area contributed by atoms with Crippen molar-refractivity contribution < 1.29 is 22.7 Å². The average molecular weight is 403 g/mol. The summed E-state index contributed by atoms with van der Waals surface area (Å²) in [5.74, 6) is 0.196. The number of nitriles is 1. The van der Waals surface area contributed by atoms with Gasteiger partial charge in [0.2, 0.25) is 15.9 Å². The molecular weight excluding hydrogens is 382 g/mol. The number of hydrogen-bond acceptors (Lipinski definition) is 6. The highest BCUT2D eigenvalue weighted by Gasteiger charge is 2.24. The van der Waals surface area contributed by atoms with Crippen molar-refractivity contribution in [1.29, 1.82) is 5.26 Å². The molecule has 0 saturated carbocycles. The van der Waals surface area contributed by atoms with Gasteiger partial charge in [-0.05, 0) is 29.8 Å². The fraction of sp³-hybridized carbons (Fsp3) is 0.263. The molecule has 2 rings (SSSR count). The quantitative estimate of drug-likeness (QED) is 0.724. The Morgan fingerprint density at radius 3 is 2.36 bits per heavy atom. The van der Waals surface area contributed by atoms with E-state index in [1.54, 1.807) is 36.4 Å². The molecule has 8 nitrogen and oxygen atoms in total. The van der Waals surface area contributed by atoms with Crippen molar-refractivity contribution >= 4 is 27.3 Å². The van der Waals surface area contributed by atoms with Crippen molar-refractivity contribution in [3.63, 3.8) is 0 Å². The van der Waals surface area contributed by atoms with Crippen LogP contribution in [0, 0.1) is 11.3 Å². The number of nitrogens with zero attached hydrogens (tertiary/aromatic N) is 2. The van der Waals surface area contributed by atoms with E-state index in [-0.39, 0.29) is 12.1 Å². The van der Waals surface area contributed by atoms with Crippen molar-refractivity contribution in [2.75, 3.05) is 36.6 Å². The number of nitrogens with one attached hydrogen (secondary N) is 1. The Balaban J connectivity index is 2.26. The molecule has 0 fully saturated rings. The summed E-state index contributed by atoms with van der Waals surface area (Å²) in [4.78, 5) is 12.5. The third kappa shape index (κ3) is 5.37. The highest BCUT2D eigenvalue weighted by molar-refractivity contribution is 7.92. The Morgan fingerprint density at radius 1 is 1.14 bits per heavy atom. The second kappa shape index (κ2) is 9.10. The fourth-order valence-electron chi connectivity index (χ4n) is 2.50. The third-order valence-corrected chi connectivity index (χ3v) is 4.99. The first-order valence-electron chi connectivity index (χ1n) is 8.24. The van der Waals surface area contributed by atoms with Crippen LogP contribution in [-0.4, -0.2) is 41.3 Å². The van der Waals surface area contributed by atoms with E-state index in [2.05, 4.69) is 5.32 Å². The molecular formula is C19H21N3O5S. The number of carbonyl (C=O) groups excluding carboxylic acids is 1. The summed E-state index contributed by atoms with van der Waals surface area (Å²) in [6.07, 6.45) is 1.28. The molecule has 2 aromatic rings. The summed E-state index contributed by atoms with van der Waals surface area (Å²) < 4.78 is 36.0. The zero-order valence-corrected chi connectivity index (χ0v) is 16.6. The molecule has 9 heteroatoms. The van der Waals surface area contributed by atoms with E-state index in [0.717, 1.165) is 16.1 Å². The van der Waals surface area contributed by atoms with Gasteiger partial charge in [0.15, 0.2) is 0 Å². The number of carbonyl (C=O) groups is 1. The van der Waals surface area contributed by atoms with Crippen molar-refractivity contribution in [2.45, 2.75) is 6.42 Å². The van der Waals surface area contributed by atoms with Crippen LogP contribution in [0.15, 0.2) is 42.5 Å². The SMILES string of the molecule is COc1ccc(OC)c(N(CC(=O)Nc2ccc(CC#N)cc2)S(C)(=O)=O)c1. The maximum absolute atomic E-state index is 12.5. The van der Waals surface area contributed by atoms with Crippen LogP contribution in [0.3, 0.4) is 0 Å². The van der Waals surface area contributed by atoms with Gasteiger partial charge in [-0.25, -0.2) is 8.42 Å². The second-order valence-electron chi connectivity index (χ2n) is 5.89. The predicted molar refractivity (Wildman–Crippen MR) is 106 cm³/mol. The first-order chi connectivity index (χ1) is 13.3. The van der Waals surface area contributed by atoms with Crippen molar-refractivity contribution in [1.82, 2.24) is 0 Å². The second-order valence-corrected chi connectivity index (χ2v) is 7.79. The van der Waals surface area contributed by atoms with Crippen LogP contribution < -0.4 is 19.1 Å².